The van der Waals surface area contributed by atoms with E-state index >= 15 is 0 Å². The van der Waals surface area contributed by atoms with Crippen LogP contribution in [0.4, 0.5) is 20.2 Å². The van der Waals surface area contributed by atoms with Crippen LogP contribution < -0.4 is 15.2 Å². The molecule has 1 heterocycles. The lowest BCUT2D eigenvalue weighted by atomic mass is 9.97. The average Bonchev–Trinajstić information content (AvgIpc) is 3.12. The maximum atomic E-state index is 14.0. The smallest absolute Gasteiger partial charge is 0.335 e. The Morgan fingerprint density at radius 2 is 1.32 bits per heavy atom. The Morgan fingerprint density at radius 3 is 1.79 bits per heavy atom. The third-order valence-electron chi connectivity index (χ3n) is 7.83. The molecule has 0 saturated heterocycles. The first-order valence-electron chi connectivity index (χ1n) is 15.8. The van der Waals surface area contributed by atoms with E-state index in [0.717, 1.165) is 23.1 Å². The number of hydrogen-bond donors (Lipinski definition) is 3. The molecule has 1 aliphatic rings. The number of ether oxygens (including phenoxy) is 2. The first-order chi connectivity index (χ1) is 25.6. The number of carbonyl (C=O) groups excluding carboxylic acids is 2. The molecule has 4 aromatic carbocycles. The van der Waals surface area contributed by atoms with Crippen LogP contribution in [0.25, 0.3) is 0 Å². The topological polar surface area (TPSA) is 243 Å². The normalized spacial score (nSPS) is 11.2. The summed E-state index contributed by atoms with van der Waals surface area (Å²) in [6.45, 7) is 0.487. The fraction of sp³-hybridized carbons (Fsp3) is 0.243. The van der Waals surface area contributed by atoms with Gasteiger partial charge in [0.05, 0.1) is 42.5 Å². The molecule has 295 valence electrons. The zero-order chi connectivity index (χ0) is 40.1. The van der Waals surface area contributed by atoms with Crippen LogP contribution in [0.15, 0.2) is 72.8 Å². The molecule has 0 fully saturated rings. The van der Waals surface area contributed by atoms with Crippen molar-refractivity contribution in [1.29, 1.82) is 0 Å². The number of hydrogen-bond acceptors (Lipinski definition) is 11. The van der Waals surface area contributed by atoms with Gasteiger partial charge >= 0.3 is 11.9 Å². The van der Waals surface area contributed by atoms with Crippen molar-refractivity contribution in [3.05, 3.63) is 138 Å². The lowest BCUT2D eigenvalue weighted by molar-refractivity contribution is -0.385. The van der Waals surface area contributed by atoms with Crippen molar-refractivity contribution < 1.29 is 57.5 Å². The van der Waals surface area contributed by atoms with Gasteiger partial charge in [-0.1, -0.05) is 19.6 Å². The van der Waals surface area contributed by atoms with Crippen LogP contribution in [-0.2, 0) is 35.3 Å². The number of nitro benzene ring substituents is 2. The standard InChI is InChI=1S/C18H15FN2O5.C9H12FNO.C9H7NO6.CH4.B/c1-26-14-4-2-11(16(19)10-14)6-7-20-17(22)9-12-8-13(21(24)25)3-5-15(12)18(20)23;1-12-8-3-2-7(4-5-11)9(10)6-8;11-8(12)4-5-3-6(10(15)16)1-2-7(5)9(13)14;;/h2-5,8,10H,6-7,9H2,1H3;2-3,6H,4-5,11H2,1H3;1-3H,4H2,(H,11,12)(H,13,14);1H4;. The minimum absolute atomic E-state index is 0. The van der Waals surface area contributed by atoms with Crippen LogP contribution in [0.3, 0.4) is 0 Å². The Labute approximate surface area is 321 Å². The molecule has 2 amide bonds. The van der Waals surface area contributed by atoms with Crippen LogP contribution >= 0.6 is 0 Å². The second kappa shape index (κ2) is 21.8. The van der Waals surface area contributed by atoms with Gasteiger partial charge < -0.3 is 25.4 Å². The molecule has 4 aromatic rings. The minimum atomic E-state index is -1.31. The molecule has 0 aromatic heterocycles. The highest BCUT2D eigenvalue weighted by molar-refractivity contribution is 6.09. The van der Waals surface area contributed by atoms with Crippen molar-refractivity contribution in [3.63, 3.8) is 0 Å². The van der Waals surface area contributed by atoms with Crippen molar-refractivity contribution >= 4 is 43.5 Å². The Bertz CT molecular complexity index is 2080. The summed E-state index contributed by atoms with van der Waals surface area (Å²) in [4.78, 5) is 67.0. The van der Waals surface area contributed by atoms with E-state index in [1.165, 1.54) is 44.6 Å². The molecule has 56 heavy (non-hydrogen) atoms. The zero-order valence-electron chi connectivity index (χ0n) is 29.4. The highest BCUT2D eigenvalue weighted by atomic mass is 19.1. The molecule has 19 heteroatoms. The molecule has 0 saturated carbocycles. The molecular formula is C37H38BF2N4O12. The Kier molecular flexibility index (Phi) is 18.4. The quantitative estimate of drug-likeness (QED) is 0.0741. The van der Waals surface area contributed by atoms with Gasteiger partial charge in [-0.25, -0.2) is 13.6 Å². The SMILES string of the molecule is C.COc1ccc(CCN)c(F)c1.COc1ccc(CCN2C(=O)Cc3cc([N+](=O)[O-])ccc3C2=O)c(F)c1.O=C(O)Cc1cc([N+](=O)[O-])ccc1C(=O)O.[B]. The molecule has 5 rings (SSSR count). The number of nitrogens with zero attached hydrogens (tertiary/aromatic N) is 3. The van der Waals surface area contributed by atoms with E-state index in [4.69, 9.17) is 25.4 Å². The van der Waals surface area contributed by atoms with Gasteiger partial charge in [-0.05, 0) is 65.9 Å². The Morgan fingerprint density at radius 1 is 0.804 bits per heavy atom. The molecular weight excluding hydrogens is 741 g/mol. The van der Waals surface area contributed by atoms with E-state index in [1.54, 1.807) is 24.3 Å². The zero-order valence-corrected chi connectivity index (χ0v) is 29.4. The van der Waals surface area contributed by atoms with Crippen molar-refractivity contribution in [1.82, 2.24) is 4.90 Å². The number of fused-ring (bicyclic) bond motifs is 1. The molecule has 16 nitrogen and oxygen atoms in total. The summed E-state index contributed by atoms with van der Waals surface area (Å²) in [6.07, 6.45) is 0.0581. The first-order valence-corrected chi connectivity index (χ1v) is 15.8. The summed E-state index contributed by atoms with van der Waals surface area (Å²) >= 11 is 0. The van der Waals surface area contributed by atoms with E-state index in [2.05, 4.69) is 0 Å². The lowest BCUT2D eigenvalue weighted by Gasteiger charge is -2.26. The van der Waals surface area contributed by atoms with Crippen LogP contribution in [0.2, 0.25) is 0 Å². The van der Waals surface area contributed by atoms with Gasteiger partial charge in [0, 0.05) is 56.9 Å². The first kappa shape index (κ1) is 47.3. The number of methoxy groups -OCH3 is 2. The van der Waals surface area contributed by atoms with Gasteiger partial charge in [-0.2, -0.15) is 0 Å². The Hall–Kier alpha value is -6.76. The summed E-state index contributed by atoms with van der Waals surface area (Å²) in [5.41, 5.74) is 6.06. The van der Waals surface area contributed by atoms with Crippen LogP contribution in [0, 0.1) is 31.9 Å². The van der Waals surface area contributed by atoms with Crippen LogP contribution in [-0.4, -0.2) is 84.4 Å². The van der Waals surface area contributed by atoms with E-state index in [9.17, 15) is 48.2 Å². The van der Waals surface area contributed by atoms with E-state index in [1.807, 2.05) is 0 Å². The molecule has 0 bridgehead atoms. The van der Waals surface area contributed by atoms with E-state index in [0.29, 0.717) is 41.2 Å². The predicted molar refractivity (Wildman–Crippen MR) is 199 cm³/mol. The number of carbonyl (C=O) groups is 4. The summed E-state index contributed by atoms with van der Waals surface area (Å²) in [5, 5.41) is 38.5. The third kappa shape index (κ3) is 12.7. The number of aliphatic carboxylic acids is 1. The molecule has 0 atom stereocenters. The predicted octanol–water partition coefficient (Wildman–Crippen LogP) is 5.02. The van der Waals surface area contributed by atoms with Gasteiger partial charge in [0.1, 0.15) is 23.1 Å². The number of non-ortho nitro benzene ring substituents is 2. The summed E-state index contributed by atoms with van der Waals surface area (Å²) in [7, 11) is 2.94. The lowest BCUT2D eigenvalue weighted by Crippen LogP contribution is -2.43. The number of rotatable bonds is 12. The number of imide groups is 1. The second-order valence-corrected chi connectivity index (χ2v) is 11.3. The number of nitrogens with two attached hydrogens (primary N) is 1. The van der Waals surface area contributed by atoms with Gasteiger partial charge in [0.15, 0.2) is 0 Å². The molecule has 0 aliphatic carbocycles. The van der Waals surface area contributed by atoms with Crippen LogP contribution in [0.1, 0.15) is 50.4 Å². The van der Waals surface area contributed by atoms with Crippen molar-refractivity contribution in [2.45, 2.75) is 33.1 Å². The van der Waals surface area contributed by atoms with Crippen molar-refractivity contribution in [3.8, 4) is 11.5 Å². The van der Waals surface area contributed by atoms with Gasteiger partial charge in [-0.15, -0.1) is 0 Å². The van der Waals surface area contributed by atoms with E-state index < -0.39 is 45.8 Å². The number of amides is 2. The summed E-state index contributed by atoms with van der Waals surface area (Å²) in [5.74, 6) is -3.36. The highest BCUT2D eigenvalue weighted by Crippen LogP contribution is 2.25. The second-order valence-electron chi connectivity index (χ2n) is 11.3. The number of halogens is 2. The number of benzene rings is 4. The number of nitro groups is 2. The fourth-order valence-corrected chi connectivity index (χ4v) is 5.11. The van der Waals surface area contributed by atoms with E-state index in [-0.39, 0.29) is 69.1 Å². The molecule has 3 radical (unpaired) electrons. The molecule has 1 aliphatic heterocycles. The summed E-state index contributed by atoms with van der Waals surface area (Å²) in [6, 6.07) is 16.0. The van der Waals surface area contributed by atoms with Gasteiger partial charge in [-0.3, -0.25) is 39.5 Å². The minimum Gasteiger partial charge on any atom is -0.497 e. The monoisotopic (exact) mass is 779 g/mol. The Balaban J connectivity index is 0.000000450. The molecule has 0 spiro atoms. The molecule has 4 N–H and O–H groups in total. The van der Waals surface area contributed by atoms with Gasteiger partial charge in [0.2, 0.25) is 5.91 Å². The maximum Gasteiger partial charge on any atom is 0.335 e. The third-order valence-corrected chi connectivity index (χ3v) is 7.83. The largest absolute Gasteiger partial charge is 0.497 e. The van der Waals surface area contributed by atoms with Gasteiger partial charge in [0.25, 0.3) is 17.3 Å². The van der Waals surface area contributed by atoms with Crippen molar-refractivity contribution in [2.75, 3.05) is 27.3 Å². The molecule has 0 unspecified atom stereocenters. The maximum absolute atomic E-state index is 14.0. The van der Waals surface area contributed by atoms with Crippen molar-refractivity contribution in [2.24, 2.45) is 5.73 Å². The highest BCUT2D eigenvalue weighted by Gasteiger charge is 2.32. The fourth-order valence-electron chi connectivity index (χ4n) is 5.11. The average molecular weight is 780 g/mol. The van der Waals surface area contributed by atoms with Crippen LogP contribution in [0.5, 0.6) is 11.5 Å². The number of carboxylic acids is 2. The number of aromatic carboxylic acids is 1. The summed E-state index contributed by atoms with van der Waals surface area (Å²) < 4.78 is 36.9. The number of carboxylic acid groups (broad SMARTS) is 2.